The lowest BCUT2D eigenvalue weighted by molar-refractivity contribution is 0.445. The van der Waals surface area contributed by atoms with E-state index in [2.05, 4.69) is 15.0 Å². The Morgan fingerprint density at radius 3 is 2.86 bits per heavy atom. The topological polar surface area (TPSA) is 56.7 Å². The van der Waals surface area contributed by atoms with E-state index < -0.39 is 0 Å². The van der Waals surface area contributed by atoms with Crippen molar-refractivity contribution in [1.29, 1.82) is 0 Å². The summed E-state index contributed by atoms with van der Waals surface area (Å²) in [6.45, 7) is 4.54. The Labute approximate surface area is 128 Å². The highest BCUT2D eigenvalue weighted by Crippen LogP contribution is 2.18. The molecule has 0 saturated heterocycles. The van der Waals surface area contributed by atoms with Gasteiger partial charge in [-0.15, -0.1) is 11.6 Å². The second kappa shape index (κ2) is 5.85. The fraction of sp³-hybridized carbons (Fsp3) is 0.400. The lowest BCUT2D eigenvalue weighted by Gasteiger charge is -2.05. The van der Waals surface area contributed by atoms with Gasteiger partial charge < -0.3 is 8.98 Å². The predicted molar refractivity (Wildman–Crippen MR) is 81.7 cm³/mol. The Balaban J connectivity index is 2.05. The number of imidazole rings is 1. The normalized spacial score (nSPS) is 11.4. The van der Waals surface area contributed by atoms with Crippen LogP contribution in [-0.2, 0) is 19.4 Å². The van der Waals surface area contributed by atoms with Crippen molar-refractivity contribution in [3.63, 3.8) is 0 Å². The third kappa shape index (κ3) is 2.78. The van der Waals surface area contributed by atoms with Gasteiger partial charge >= 0.3 is 0 Å². The van der Waals surface area contributed by atoms with Gasteiger partial charge in [0.05, 0.1) is 6.20 Å². The first-order valence-electron chi connectivity index (χ1n) is 7.03. The molecule has 0 aliphatic carbocycles. The number of oxazole rings is 1. The number of alkyl halides is 1. The van der Waals surface area contributed by atoms with Crippen LogP contribution in [-0.4, -0.2) is 25.4 Å². The van der Waals surface area contributed by atoms with Gasteiger partial charge in [-0.3, -0.25) is 0 Å². The van der Waals surface area contributed by atoms with E-state index in [4.69, 9.17) is 16.0 Å². The summed E-state index contributed by atoms with van der Waals surface area (Å²) in [4.78, 5) is 13.5. The average molecular weight is 305 g/mol. The molecule has 0 aliphatic heterocycles. The van der Waals surface area contributed by atoms with Gasteiger partial charge in [-0.1, -0.05) is 6.92 Å². The van der Waals surface area contributed by atoms with Crippen LogP contribution in [0.5, 0.6) is 0 Å². The van der Waals surface area contributed by atoms with Gasteiger partial charge in [0.2, 0.25) is 5.89 Å². The van der Waals surface area contributed by atoms with Crippen molar-refractivity contribution >= 4 is 22.8 Å². The van der Waals surface area contributed by atoms with E-state index in [0.717, 1.165) is 34.9 Å². The molecular weight excluding hydrogens is 288 g/mol. The Morgan fingerprint density at radius 2 is 2.14 bits per heavy atom. The molecule has 3 aromatic rings. The summed E-state index contributed by atoms with van der Waals surface area (Å²) < 4.78 is 7.74. The molecule has 0 radical (unpaired) electrons. The Morgan fingerprint density at radius 1 is 1.29 bits per heavy atom. The summed E-state index contributed by atoms with van der Waals surface area (Å²) in [6.07, 6.45) is 3.30. The van der Waals surface area contributed by atoms with E-state index in [1.165, 1.54) is 0 Å². The van der Waals surface area contributed by atoms with E-state index in [1.54, 1.807) is 6.20 Å². The van der Waals surface area contributed by atoms with E-state index in [-0.39, 0.29) is 0 Å². The molecule has 0 aromatic carbocycles. The molecule has 0 bridgehead atoms. The Hall–Kier alpha value is -1.88. The van der Waals surface area contributed by atoms with Gasteiger partial charge in [0.15, 0.2) is 5.65 Å². The zero-order valence-corrected chi connectivity index (χ0v) is 12.9. The molecule has 0 atom stereocenters. The molecule has 0 fully saturated rings. The molecule has 0 N–H and O–H groups in total. The quantitative estimate of drug-likeness (QED) is 0.680. The molecule has 3 heterocycles. The summed E-state index contributed by atoms with van der Waals surface area (Å²) in [7, 11) is 0. The standard InChI is InChI=1S/C15H17ClN4O/c1-3-11-8-17-14(21-11)9-20-13(6-7-16)19-12-5-4-10(2)18-15(12)20/h4-5,8H,3,6-7,9H2,1-2H3. The first-order chi connectivity index (χ1) is 10.2. The SMILES string of the molecule is CCc1cnc(Cn2c(CCCl)nc3ccc(C)nc32)o1. The highest BCUT2D eigenvalue weighted by molar-refractivity contribution is 6.17. The molecule has 110 valence electrons. The van der Waals surface area contributed by atoms with Crippen LogP contribution in [0.4, 0.5) is 0 Å². The van der Waals surface area contributed by atoms with Gasteiger partial charge in [-0.25, -0.2) is 15.0 Å². The number of pyridine rings is 1. The summed E-state index contributed by atoms with van der Waals surface area (Å²) in [5, 5.41) is 0. The van der Waals surface area contributed by atoms with Gasteiger partial charge in [0.25, 0.3) is 0 Å². The minimum Gasteiger partial charge on any atom is -0.444 e. The number of hydrogen-bond acceptors (Lipinski definition) is 4. The highest BCUT2D eigenvalue weighted by Gasteiger charge is 2.14. The van der Waals surface area contributed by atoms with Gasteiger partial charge in [0.1, 0.15) is 23.6 Å². The molecule has 0 saturated carbocycles. The molecule has 0 unspecified atom stereocenters. The lowest BCUT2D eigenvalue weighted by atomic mass is 10.3. The molecule has 21 heavy (non-hydrogen) atoms. The Bertz CT molecular complexity index is 762. The van der Waals surface area contributed by atoms with Crippen molar-refractivity contribution in [3.8, 4) is 0 Å². The van der Waals surface area contributed by atoms with E-state index in [1.807, 2.05) is 30.5 Å². The number of nitrogens with zero attached hydrogens (tertiary/aromatic N) is 4. The predicted octanol–water partition coefficient (Wildman–Crippen LogP) is 3.12. The van der Waals surface area contributed by atoms with Crippen LogP contribution in [0.1, 0.15) is 30.1 Å². The minimum atomic E-state index is 0.522. The monoisotopic (exact) mass is 304 g/mol. The first kappa shape index (κ1) is 14.1. The van der Waals surface area contributed by atoms with Crippen molar-refractivity contribution in [2.24, 2.45) is 0 Å². The smallest absolute Gasteiger partial charge is 0.214 e. The maximum Gasteiger partial charge on any atom is 0.214 e. The largest absolute Gasteiger partial charge is 0.444 e. The second-order valence-electron chi connectivity index (χ2n) is 4.92. The van der Waals surface area contributed by atoms with Crippen LogP contribution in [0.3, 0.4) is 0 Å². The van der Waals surface area contributed by atoms with Gasteiger partial charge in [-0.2, -0.15) is 0 Å². The van der Waals surface area contributed by atoms with Crippen molar-refractivity contribution in [2.45, 2.75) is 33.2 Å². The molecule has 3 aromatic heterocycles. The first-order valence-corrected chi connectivity index (χ1v) is 7.57. The number of aryl methyl sites for hydroxylation is 3. The van der Waals surface area contributed by atoms with Crippen molar-refractivity contribution in [1.82, 2.24) is 19.5 Å². The molecular formula is C15H17ClN4O. The van der Waals surface area contributed by atoms with Crippen molar-refractivity contribution in [3.05, 3.63) is 41.5 Å². The minimum absolute atomic E-state index is 0.522. The second-order valence-corrected chi connectivity index (χ2v) is 5.30. The Kier molecular flexibility index (Phi) is 3.92. The number of halogens is 1. The summed E-state index contributed by atoms with van der Waals surface area (Å²) >= 11 is 5.88. The van der Waals surface area contributed by atoms with Gasteiger partial charge in [-0.05, 0) is 19.1 Å². The third-order valence-corrected chi connectivity index (χ3v) is 3.56. The molecule has 5 nitrogen and oxygen atoms in total. The van der Waals surface area contributed by atoms with E-state index >= 15 is 0 Å². The molecule has 6 heteroatoms. The number of aromatic nitrogens is 4. The van der Waals surface area contributed by atoms with E-state index in [0.29, 0.717) is 24.7 Å². The number of hydrogen-bond donors (Lipinski definition) is 0. The molecule has 0 aliphatic rings. The lowest BCUT2D eigenvalue weighted by Crippen LogP contribution is -2.07. The fourth-order valence-corrected chi connectivity index (χ4v) is 2.47. The average Bonchev–Trinajstić information content (AvgIpc) is 3.06. The van der Waals surface area contributed by atoms with Crippen molar-refractivity contribution < 1.29 is 4.42 Å². The van der Waals surface area contributed by atoms with Crippen molar-refractivity contribution in [2.75, 3.05) is 5.88 Å². The molecule has 0 spiro atoms. The van der Waals surface area contributed by atoms with Crippen LogP contribution in [0.15, 0.2) is 22.7 Å². The number of fused-ring (bicyclic) bond motifs is 1. The number of rotatable bonds is 5. The maximum atomic E-state index is 5.88. The summed E-state index contributed by atoms with van der Waals surface area (Å²) in [6, 6.07) is 3.95. The fourth-order valence-electron chi connectivity index (χ4n) is 2.30. The highest BCUT2D eigenvalue weighted by atomic mass is 35.5. The van der Waals surface area contributed by atoms with E-state index in [9.17, 15) is 0 Å². The van der Waals surface area contributed by atoms with Crippen LogP contribution in [0.25, 0.3) is 11.2 Å². The zero-order valence-electron chi connectivity index (χ0n) is 12.1. The third-order valence-electron chi connectivity index (χ3n) is 3.37. The van der Waals surface area contributed by atoms with Crippen LogP contribution < -0.4 is 0 Å². The maximum absolute atomic E-state index is 5.88. The summed E-state index contributed by atoms with van der Waals surface area (Å²) in [5.41, 5.74) is 2.69. The molecule has 3 rings (SSSR count). The zero-order chi connectivity index (χ0) is 14.8. The van der Waals surface area contributed by atoms with Crippen LogP contribution in [0, 0.1) is 6.92 Å². The van der Waals surface area contributed by atoms with Gasteiger partial charge in [0, 0.05) is 24.4 Å². The summed E-state index contributed by atoms with van der Waals surface area (Å²) in [5.74, 6) is 2.99. The molecule has 0 amide bonds. The van der Waals surface area contributed by atoms with Crippen LogP contribution >= 0.6 is 11.6 Å². The van der Waals surface area contributed by atoms with Crippen LogP contribution in [0.2, 0.25) is 0 Å².